The van der Waals surface area contributed by atoms with E-state index < -0.39 is 20.6 Å². The fraction of sp³-hybridized carbons (Fsp3) is 0.800. The van der Waals surface area contributed by atoms with E-state index in [0.717, 1.165) is 25.7 Å². The van der Waals surface area contributed by atoms with Crippen molar-refractivity contribution in [2.75, 3.05) is 11.5 Å². The molecule has 1 rings (SSSR count). The second kappa shape index (κ2) is 5.80. The third-order valence-electron chi connectivity index (χ3n) is 2.43. The molecule has 5 heteroatoms. The van der Waals surface area contributed by atoms with Crippen molar-refractivity contribution in [1.82, 2.24) is 0 Å². The number of unbranched alkanes of at least 4 members (excludes halogenated alkanes) is 3. The molecule has 2 atom stereocenters. The highest BCUT2D eigenvalue weighted by molar-refractivity contribution is 7.96. The Bertz CT molecular complexity index is 344. The maximum absolute atomic E-state index is 11.7. The van der Waals surface area contributed by atoms with E-state index in [-0.39, 0.29) is 11.0 Å². The molecule has 0 saturated heterocycles. The van der Waals surface area contributed by atoms with Crippen molar-refractivity contribution in [3.8, 4) is 0 Å². The molecule has 15 heavy (non-hydrogen) atoms. The van der Waals surface area contributed by atoms with E-state index in [2.05, 4.69) is 6.92 Å². The van der Waals surface area contributed by atoms with Gasteiger partial charge in [0.15, 0.2) is 9.84 Å². The minimum absolute atomic E-state index is 0.0351. The van der Waals surface area contributed by atoms with Crippen LogP contribution in [0.3, 0.4) is 0 Å². The second-order valence-corrected chi connectivity index (χ2v) is 7.55. The molecule has 0 unspecified atom stereocenters. The molecule has 0 aromatic heterocycles. The SMILES string of the molecule is CCCCCC[S@@](=O)[C@H]1C=CS(=O)(=O)C1. The summed E-state index contributed by atoms with van der Waals surface area (Å²) in [6.07, 6.45) is 5.92. The molecule has 0 aromatic rings. The first-order valence-corrected chi connectivity index (χ1v) is 8.43. The lowest BCUT2D eigenvalue weighted by atomic mass is 10.2. The molecule has 1 aliphatic heterocycles. The summed E-state index contributed by atoms with van der Waals surface area (Å²) in [6, 6.07) is 0. The van der Waals surface area contributed by atoms with Gasteiger partial charge in [-0.05, 0) is 6.42 Å². The summed E-state index contributed by atoms with van der Waals surface area (Å²) in [6.45, 7) is 2.13. The zero-order valence-electron chi connectivity index (χ0n) is 9.02. The highest BCUT2D eigenvalue weighted by atomic mass is 32.2. The lowest BCUT2D eigenvalue weighted by Gasteiger charge is -2.06. The Morgan fingerprint density at radius 3 is 2.60 bits per heavy atom. The lowest BCUT2D eigenvalue weighted by Crippen LogP contribution is -2.19. The van der Waals surface area contributed by atoms with Crippen LogP contribution in [0.4, 0.5) is 0 Å². The predicted molar refractivity (Wildman–Crippen MR) is 63.9 cm³/mol. The molecule has 0 spiro atoms. The normalized spacial score (nSPS) is 25.5. The van der Waals surface area contributed by atoms with Crippen molar-refractivity contribution in [1.29, 1.82) is 0 Å². The average Bonchev–Trinajstić information content (AvgIpc) is 2.53. The van der Waals surface area contributed by atoms with E-state index in [0.29, 0.717) is 5.75 Å². The minimum Gasteiger partial charge on any atom is -0.259 e. The number of sulfone groups is 1. The Morgan fingerprint density at radius 1 is 1.33 bits per heavy atom. The summed E-state index contributed by atoms with van der Waals surface area (Å²) in [5.74, 6) is 0.665. The smallest absolute Gasteiger partial charge is 0.172 e. The van der Waals surface area contributed by atoms with Gasteiger partial charge in [-0.15, -0.1) is 0 Å². The van der Waals surface area contributed by atoms with Crippen LogP contribution in [0.15, 0.2) is 11.5 Å². The Labute approximate surface area is 94.3 Å². The molecule has 0 aliphatic carbocycles. The molecule has 0 saturated carbocycles. The summed E-state index contributed by atoms with van der Waals surface area (Å²) < 4.78 is 33.9. The molecule has 1 heterocycles. The molecule has 0 amide bonds. The number of rotatable bonds is 6. The number of hydrogen-bond donors (Lipinski definition) is 0. The molecule has 1 aliphatic rings. The van der Waals surface area contributed by atoms with Gasteiger partial charge in [0, 0.05) is 22.0 Å². The van der Waals surface area contributed by atoms with Crippen LogP contribution < -0.4 is 0 Å². The first-order chi connectivity index (χ1) is 7.05. The molecule has 0 fully saturated rings. The van der Waals surface area contributed by atoms with Crippen molar-refractivity contribution in [3.05, 3.63) is 11.5 Å². The Balaban J connectivity index is 2.28. The maximum Gasteiger partial charge on any atom is 0.172 e. The quantitative estimate of drug-likeness (QED) is 0.673. The first-order valence-electron chi connectivity index (χ1n) is 5.33. The third-order valence-corrected chi connectivity index (χ3v) is 5.73. The van der Waals surface area contributed by atoms with Crippen LogP contribution in [-0.2, 0) is 20.6 Å². The van der Waals surface area contributed by atoms with Gasteiger partial charge in [0.2, 0.25) is 0 Å². The van der Waals surface area contributed by atoms with Crippen LogP contribution in [0.25, 0.3) is 0 Å². The molecule has 0 aromatic carbocycles. The fourth-order valence-electron chi connectivity index (χ4n) is 1.53. The van der Waals surface area contributed by atoms with Gasteiger partial charge < -0.3 is 0 Å². The standard InChI is InChI=1S/C10H18O3S2/c1-2-3-4-5-7-14(11)10-6-8-15(12,13)9-10/h6,8,10H,2-5,7,9H2,1H3/t10-,14+/m0/s1. The van der Waals surface area contributed by atoms with E-state index in [4.69, 9.17) is 0 Å². The largest absolute Gasteiger partial charge is 0.259 e. The zero-order valence-corrected chi connectivity index (χ0v) is 10.6. The van der Waals surface area contributed by atoms with Gasteiger partial charge in [-0.2, -0.15) is 0 Å². The van der Waals surface area contributed by atoms with Crippen LogP contribution in [0.2, 0.25) is 0 Å². The molecular formula is C10H18O3S2. The van der Waals surface area contributed by atoms with Gasteiger partial charge in [-0.25, -0.2) is 8.42 Å². The monoisotopic (exact) mass is 250 g/mol. The van der Waals surface area contributed by atoms with Crippen LogP contribution in [0.1, 0.15) is 32.6 Å². The van der Waals surface area contributed by atoms with E-state index in [9.17, 15) is 12.6 Å². The van der Waals surface area contributed by atoms with Crippen molar-refractivity contribution < 1.29 is 12.6 Å². The Kier molecular flexibility index (Phi) is 4.99. The molecule has 0 bridgehead atoms. The molecule has 0 N–H and O–H groups in total. The predicted octanol–water partition coefficient (Wildman–Crippen LogP) is 1.63. The molecular weight excluding hydrogens is 232 g/mol. The molecule has 0 radical (unpaired) electrons. The van der Waals surface area contributed by atoms with Gasteiger partial charge in [0.25, 0.3) is 0 Å². The Morgan fingerprint density at radius 2 is 2.07 bits per heavy atom. The van der Waals surface area contributed by atoms with Crippen LogP contribution >= 0.6 is 0 Å². The van der Waals surface area contributed by atoms with E-state index >= 15 is 0 Å². The summed E-state index contributed by atoms with van der Waals surface area (Å²) in [7, 11) is -4.06. The van der Waals surface area contributed by atoms with Crippen molar-refractivity contribution in [3.63, 3.8) is 0 Å². The van der Waals surface area contributed by atoms with Gasteiger partial charge in [0.1, 0.15) is 0 Å². The Hall–Kier alpha value is -0.160. The van der Waals surface area contributed by atoms with Gasteiger partial charge in [-0.1, -0.05) is 32.3 Å². The highest BCUT2D eigenvalue weighted by Crippen LogP contribution is 2.15. The van der Waals surface area contributed by atoms with Crippen LogP contribution in [0.5, 0.6) is 0 Å². The van der Waals surface area contributed by atoms with Crippen molar-refractivity contribution in [2.24, 2.45) is 0 Å². The topological polar surface area (TPSA) is 51.2 Å². The highest BCUT2D eigenvalue weighted by Gasteiger charge is 2.25. The van der Waals surface area contributed by atoms with Crippen LogP contribution in [-0.4, -0.2) is 29.4 Å². The summed E-state index contributed by atoms with van der Waals surface area (Å²) in [4.78, 5) is 0. The average molecular weight is 250 g/mol. The van der Waals surface area contributed by atoms with Crippen molar-refractivity contribution in [2.45, 2.75) is 37.9 Å². The van der Waals surface area contributed by atoms with Gasteiger partial charge in [-0.3, -0.25) is 4.21 Å². The van der Waals surface area contributed by atoms with E-state index in [1.165, 1.54) is 5.41 Å². The fourth-order valence-corrected chi connectivity index (χ4v) is 4.96. The summed E-state index contributed by atoms with van der Waals surface area (Å²) >= 11 is 0. The van der Waals surface area contributed by atoms with Crippen LogP contribution in [0, 0.1) is 0 Å². The maximum atomic E-state index is 11.7. The van der Waals surface area contributed by atoms with E-state index in [1.807, 2.05) is 0 Å². The summed E-state index contributed by atoms with van der Waals surface area (Å²) in [5.41, 5.74) is 0. The lowest BCUT2D eigenvalue weighted by molar-refractivity contribution is 0.605. The van der Waals surface area contributed by atoms with E-state index in [1.54, 1.807) is 6.08 Å². The molecule has 3 nitrogen and oxygen atoms in total. The minimum atomic E-state index is -3.05. The third kappa shape index (κ3) is 4.47. The zero-order chi connectivity index (χ0) is 11.3. The first kappa shape index (κ1) is 12.9. The number of hydrogen-bond acceptors (Lipinski definition) is 3. The van der Waals surface area contributed by atoms with Crippen molar-refractivity contribution >= 4 is 20.6 Å². The second-order valence-electron chi connectivity index (χ2n) is 3.84. The summed E-state index contributed by atoms with van der Waals surface area (Å²) in [5, 5.41) is 0.929. The van der Waals surface area contributed by atoms with Gasteiger partial charge >= 0.3 is 0 Å². The van der Waals surface area contributed by atoms with Gasteiger partial charge in [0.05, 0.1) is 11.0 Å². The molecule has 88 valence electrons.